The quantitative estimate of drug-likeness (QED) is 0.304. The molecular weight excluding hydrogens is 440 g/mol. The van der Waals surface area contributed by atoms with Crippen LogP contribution in [0.4, 0.5) is 5.69 Å². The lowest BCUT2D eigenvalue weighted by molar-refractivity contribution is -0.126. The van der Waals surface area contributed by atoms with Crippen LogP contribution < -0.4 is 20.1 Å². The largest absolute Gasteiger partial charge is 0.496 e. The fourth-order valence-electron chi connectivity index (χ4n) is 5.41. The number of ether oxygens (including phenoxy) is 2. The second-order valence-corrected chi connectivity index (χ2v) is 9.75. The van der Waals surface area contributed by atoms with Gasteiger partial charge >= 0.3 is 0 Å². The fourth-order valence-corrected chi connectivity index (χ4v) is 5.41. The number of carbonyl (C=O) groups is 1. The van der Waals surface area contributed by atoms with Crippen LogP contribution >= 0.6 is 0 Å². The van der Waals surface area contributed by atoms with Crippen molar-refractivity contribution >= 4 is 17.4 Å². The Morgan fingerprint density at radius 3 is 2.51 bits per heavy atom. The minimum absolute atomic E-state index is 0.0632. The van der Waals surface area contributed by atoms with Gasteiger partial charge in [-0.05, 0) is 76.4 Å². The molecule has 2 aromatic carbocycles. The van der Waals surface area contributed by atoms with Gasteiger partial charge in [-0.2, -0.15) is 0 Å². The number of unbranched alkanes of at least 4 members (excludes halogenated alkanes) is 2. The highest BCUT2D eigenvalue weighted by Gasteiger charge is 2.37. The predicted molar refractivity (Wildman–Crippen MR) is 140 cm³/mol. The number of hydrogen-bond acceptors (Lipinski definition) is 5. The van der Waals surface area contributed by atoms with E-state index in [0.29, 0.717) is 41.3 Å². The van der Waals surface area contributed by atoms with Crippen molar-refractivity contribution in [3.05, 3.63) is 53.6 Å². The van der Waals surface area contributed by atoms with Gasteiger partial charge in [-0.25, -0.2) is 0 Å². The van der Waals surface area contributed by atoms with Crippen molar-refractivity contribution in [3.8, 4) is 11.5 Å². The summed E-state index contributed by atoms with van der Waals surface area (Å²) < 4.78 is 11.7. The van der Waals surface area contributed by atoms with Crippen LogP contribution in [0.25, 0.3) is 0 Å². The van der Waals surface area contributed by atoms with Crippen LogP contribution in [0.5, 0.6) is 11.5 Å². The molecule has 0 bridgehead atoms. The van der Waals surface area contributed by atoms with Gasteiger partial charge in [0.1, 0.15) is 17.3 Å². The highest BCUT2D eigenvalue weighted by Crippen LogP contribution is 2.41. The van der Waals surface area contributed by atoms with Crippen LogP contribution in [0.15, 0.2) is 42.5 Å². The average molecular weight is 479 g/mol. The van der Waals surface area contributed by atoms with Gasteiger partial charge in [0.2, 0.25) is 6.10 Å². The van der Waals surface area contributed by atoms with Crippen LogP contribution in [-0.2, 0) is 4.79 Å². The molecule has 0 aliphatic carbocycles. The Hall–Kier alpha value is -3.06. The number of nitrogens with one attached hydrogen (secondary N) is 1. The number of nitrogen functional groups attached to an aromatic ring is 1. The average Bonchev–Trinajstić information content (AvgIpc) is 2.85. The summed E-state index contributed by atoms with van der Waals surface area (Å²) >= 11 is 0. The van der Waals surface area contributed by atoms with Crippen LogP contribution in [0.3, 0.4) is 0 Å². The van der Waals surface area contributed by atoms with Crippen molar-refractivity contribution in [1.29, 1.82) is 5.41 Å². The zero-order valence-electron chi connectivity index (χ0n) is 21.1. The molecule has 1 fully saturated rings. The Bertz CT molecular complexity index is 1050. The standard InChI is InChI=1S/C28H38N4O3/c1-19-10-9-11-20(2)31(19)16-7-4-8-17-32-23-12-5-6-13-25(23)35-26(28(32)33)22-18-21(27(29)30)14-15-24(22)34-3/h5-6,12-15,18-20,26H,4,7-11,16-17H2,1-3H3,(H3,29,30)/t19-,20+,26-/m1/s1. The Balaban J connectivity index is 1.47. The van der Waals surface area contributed by atoms with E-state index in [9.17, 15) is 4.79 Å². The van der Waals surface area contributed by atoms with E-state index in [0.717, 1.165) is 31.5 Å². The molecule has 0 saturated carbocycles. The highest BCUT2D eigenvalue weighted by atomic mass is 16.5. The molecule has 0 aromatic heterocycles. The molecule has 1 saturated heterocycles. The lowest BCUT2D eigenvalue weighted by Crippen LogP contribution is -2.44. The monoisotopic (exact) mass is 478 g/mol. The second kappa shape index (κ2) is 11.1. The van der Waals surface area contributed by atoms with Crippen molar-refractivity contribution < 1.29 is 14.3 Å². The Morgan fingerprint density at radius 2 is 1.80 bits per heavy atom. The summed E-state index contributed by atoms with van der Waals surface area (Å²) in [6.07, 6.45) is 6.18. The van der Waals surface area contributed by atoms with Crippen molar-refractivity contribution in [2.45, 2.75) is 70.6 Å². The van der Waals surface area contributed by atoms with Crippen molar-refractivity contribution in [1.82, 2.24) is 4.90 Å². The molecule has 0 radical (unpaired) electrons. The van der Waals surface area contributed by atoms with Crippen LogP contribution in [0.2, 0.25) is 0 Å². The maximum atomic E-state index is 13.7. The van der Waals surface area contributed by atoms with Gasteiger partial charge in [-0.15, -0.1) is 0 Å². The number of benzene rings is 2. The topological polar surface area (TPSA) is 91.9 Å². The molecule has 7 nitrogen and oxygen atoms in total. The summed E-state index contributed by atoms with van der Waals surface area (Å²) in [6.45, 7) is 6.44. The van der Waals surface area contributed by atoms with E-state index in [1.54, 1.807) is 25.3 Å². The molecule has 2 aliphatic rings. The summed E-state index contributed by atoms with van der Waals surface area (Å²) in [5.41, 5.74) is 7.62. The summed E-state index contributed by atoms with van der Waals surface area (Å²) in [5.74, 6) is 1.02. The SMILES string of the molecule is COc1ccc(C(=N)N)cc1[C@H]1Oc2ccccc2N(CCCCCN2[C@H](C)CCC[C@@H]2C)C1=O. The first kappa shape index (κ1) is 25.0. The number of nitrogens with two attached hydrogens (primary N) is 1. The van der Waals surface area contributed by atoms with E-state index in [1.807, 2.05) is 29.2 Å². The first-order chi connectivity index (χ1) is 16.9. The van der Waals surface area contributed by atoms with Gasteiger partial charge in [0.05, 0.1) is 12.8 Å². The Morgan fingerprint density at radius 1 is 1.09 bits per heavy atom. The molecule has 7 heteroatoms. The number of likely N-dealkylation sites (tertiary alicyclic amines) is 1. The first-order valence-electron chi connectivity index (χ1n) is 12.8. The van der Waals surface area contributed by atoms with Crippen molar-refractivity contribution in [3.63, 3.8) is 0 Å². The van der Waals surface area contributed by atoms with E-state index >= 15 is 0 Å². The number of piperidine rings is 1. The zero-order chi connectivity index (χ0) is 24.9. The maximum absolute atomic E-state index is 13.7. The van der Waals surface area contributed by atoms with Crippen molar-refractivity contribution in [2.75, 3.05) is 25.1 Å². The van der Waals surface area contributed by atoms with Gasteiger partial charge in [0.25, 0.3) is 5.91 Å². The van der Waals surface area contributed by atoms with Crippen LogP contribution in [0, 0.1) is 5.41 Å². The fraction of sp³-hybridized carbons (Fsp3) is 0.500. The smallest absolute Gasteiger partial charge is 0.273 e. The van der Waals surface area contributed by atoms with Gasteiger partial charge in [0.15, 0.2) is 0 Å². The van der Waals surface area contributed by atoms with Crippen molar-refractivity contribution in [2.24, 2.45) is 5.73 Å². The maximum Gasteiger partial charge on any atom is 0.273 e. The molecular formula is C28H38N4O3. The minimum atomic E-state index is -0.853. The van der Waals surface area contributed by atoms with Gasteiger partial charge in [-0.3, -0.25) is 15.1 Å². The van der Waals surface area contributed by atoms with Crippen LogP contribution in [-0.4, -0.2) is 48.9 Å². The molecule has 0 spiro atoms. The molecule has 3 atom stereocenters. The molecule has 2 heterocycles. The van der Waals surface area contributed by atoms with Crippen LogP contribution in [0.1, 0.15) is 69.6 Å². The Labute approximate surface area is 208 Å². The van der Waals surface area contributed by atoms with E-state index < -0.39 is 6.10 Å². The third-order valence-electron chi connectivity index (χ3n) is 7.39. The summed E-state index contributed by atoms with van der Waals surface area (Å²) in [4.78, 5) is 18.2. The zero-order valence-corrected chi connectivity index (χ0v) is 21.1. The second-order valence-electron chi connectivity index (χ2n) is 9.75. The number of para-hydroxylation sites is 2. The number of nitrogens with zero attached hydrogens (tertiary/aromatic N) is 2. The number of rotatable bonds is 9. The molecule has 2 aliphatic heterocycles. The molecule has 35 heavy (non-hydrogen) atoms. The van der Waals surface area contributed by atoms with Gasteiger partial charge < -0.3 is 20.1 Å². The summed E-state index contributed by atoms with van der Waals surface area (Å²) in [7, 11) is 1.56. The number of amidine groups is 1. The third kappa shape index (κ3) is 5.45. The number of fused-ring (bicyclic) bond motifs is 1. The molecule has 4 rings (SSSR count). The lowest BCUT2D eigenvalue weighted by Gasteiger charge is -2.39. The number of anilines is 1. The normalized spacial score (nSPS) is 22.4. The highest BCUT2D eigenvalue weighted by molar-refractivity contribution is 6.01. The first-order valence-corrected chi connectivity index (χ1v) is 12.8. The van der Waals surface area contributed by atoms with E-state index in [2.05, 4.69) is 18.7 Å². The predicted octanol–water partition coefficient (Wildman–Crippen LogP) is 4.88. The number of carbonyl (C=O) groups excluding carboxylic acids is 1. The summed E-state index contributed by atoms with van der Waals surface area (Å²) in [5, 5.41) is 7.81. The molecule has 0 unspecified atom stereocenters. The molecule has 1 amide bonds. The molecule has 2 aromatic rings. The molecule has 3 N–H and O–H groups in total. The summed E-state index contributed by atoms with van der Waals surface area (Å²) in [6, 6.07) is 14.2. The van der Waals surface area contributed by atoms with E-state index in [4.69, 9.17) is 20.6 Å². The minimum Gasteiger partial charge on any atom is -0.496 e. The number of amides is 1. The Kier molecular flexibility index (Phi) is 7.96. The molecule has 188 valence electrons. The lowest BCUT2D eigenvalue weighted by atomic mass is 9.97. The van der Waals surface area contributed by atoms with Gasteiger partial charge in [0, 0.05) is 29.8 Å². The number of hydrogen-bond donors (Lipinski definition) is 2. The van der Waals surface area contributed by atoms with E-state index in [-0.39, 0.29) is 11.7 Å². The van der Waals surface area contributed by atoms with Gasteiger partial charge in [-0.1, -0.05) is 25.0 Å². The number of methoxy groups -OCH3 is 1. The van der Waals surface area contributed by atoms with E-state index in [1.165, 1.54) is 19.3 Å². The third-order valence-corrected chi connectivity index (χ3v) is 7.39.